The number of ether oxygens (including phenoxy) is 2. The molecule has 27 heavy (non-hydrogen) atoms. The highest BCUT2D eigenvalue weighted by atomic mass is 35.5. The molecule has 1 aliphatic rings. The number of methoxy groups -OCH3 is 2. The number of fused-ring (bicyclic) bond motifs is 1. The van der Waals surface area contributed by atoms with E-state index >= 15 is 0 Å². The number of nitrogens with one attached hydrogen (secondary N) is 2. The fraction of sp³-hybridized carbons (Fsp3) is 0.294. The van der Waals surface area contributed by atoms with Gasteiger partial charge in [-0.05, 0) is 37.0 Å². The minimum absolute atomic E-state index is 0.0713. The van der Waals surface area contributed by atoms with Crippen LogP contribution in [-0.2, 0) is 10.0 Å². The highest BCUT2D eigenvalue weighted by Crippen LogP contribution is 2.47. The molecule has 1 fully saturated rings. The molecule has 0 unspecified atom stereocenters. The maximum atomic E-state index is 12.9. The Hall–Kier alpha value is -2.52. The number of rotatable bonds is 6. The molecule has 1 aromatic carbocycles. The van der Waals surface area contributed by atoms with E-state index in [1.807, 2.05) is 0 Å². The fourth-order valence-corrected chi connectivity index (χ4v) is 4.27. The molecule has 0 aliphatic heterocycles. The molecule has 0 saturated heterocycles. The van der Waals surface area contributed by atoms with Gasteiger partial charge in [0.1, 0.15) is 4.90 Å². The van der Waals surface area contributed by atoms with Crippen LogP contribution >= 0.6 is 11.6 Å². The van der Waals surface area contributed by atoms with Crippen molar-refractivity contribution in [3.63, 3.8) is 0 Å². The number of benzene rings is 1. The van der Waals surface area contributed by atoms with Gasteiger partial charge >= 0.3 is 0 Å². The van der Waals surface area contributed by atoms with Crippen LogP contribution in [0.1, 0.15) is 24.3 Å². The molecule has 2 aromatic heterocycles. The van der Waals surface area contributed by atoms with Crippen molar-refractivity contribution in [2.45, 2.75) is 23.7 Å². The van der Waals surface area contributed by atoms with Crippen molar-refractivity contribution >= 4 is 38.5 Å². The van der Waals surface area contributed by atoms with E-state index in [2.05, 4.69) is 19.7 Å². The smallest absolute Gasteiger partial charge is 0.266 e. The maximum absolute atomic E-state index is 12.9. The Kier molecular flexibility index (Phi) is 4.35. The number of hydrogen-bond donors (Lipinski definition) is 2. The van der Waals surface area contributed by atoms with Gasteiger partial charge in [-0.15, -0.1) is 0 Å². The lowest BCUT2D eigenvalue weighted by atomic mass is 10.2. The monoisotopic (exact) mass is 408 g/mol. The molecular formula is C17H17ClN4O4S. The SMILES string of the molecule is COc1nc(NS(=O)(=O)c2c[nH]c3cc(Cl)ccc23)nc(OC)c1C1CC1. The summed E-state index contributed by atoms with van der Waals surface area (Å²) in [7, 11) is -0.974. The summed E-state index contributed by atoms with van der Waals surface area (Å²) < 4.78 is 38.8. The summed E-state index contributed by atoms with van der Waals surface area (Å²) in [5.41, 5.74) is 1.38. The summed E-state index contributed by atoms with van der Waals surface area (Å²) in [6, 6.07) is 4.92. The number of anilines is 1. The van der Waals surface area contributed by atoms with Gasteiger partial charge in [-0.3, -0.25) is 0 Å². The van der Waals surface area contributed by atoms with Gasteiger partial charge in [0.15, 0.2) is 0 Å². The normalized spacial score (nSPS) is 14.3. The maximum Gasteiger partial charge on any atom is 0.266 e. The van der Waals surface area contributed by atoms with E-state index in [1.54, 1.807) is 18.2 Å². The second kappa shape index (κ2) is 6.58. The van der Waals surface area contributed by atoms with E-state index in [0.29, 0.717) is 27.7 Å². The molecule has 2 heterocycles. The molecule has 2 N–H and O–H groups in total. The summed E-state index contributed by atoms with van der Waals surface area (Å²) >= 11 is 5.95. The lowest BCUT2D eigenvalue weighted by Crippen LogP contribution is -2.16. The predicted octanol–water partition coefficient (Wildman–Crippen LogP) is 3.31. The molecule has 142 valence electrons. The van der Waals surface area contributed by atoms with Crippen LogP contribution in [0.3, 0.4) is 0 Å². The van der Waals surface area contributed by atoms with Gasteiger partial charge in [-0.25, -0.2) is 13.1 Å². The molecule has 0 atom stereocenters. The van der Waals surface area contributed by atoms with Crippen molar-refractivity contribution in [3.8, 4) is 11.8 Å². The summed E-state index contributed by atoms with van der Waals surface area (Å²) in [5.74, 6) is 0.788. The molecule has 0 spiro atoms. The Labute approximate surface area is 160 Å². The number of H-pyrrole nitrogens is 1. The highest BCUT2D eigenvalue weighted by molar-refractivity contribution is 7.93. The van der Waals surface area contributed by atoms with Crippen LogP contribution in [-0.4, -0.2) is 37.6 Å². The zero-order valence-electron chi connectivity index (χ0n) is 14.6. The largest absolute Gasteiger partial charge is 0.481 e. The van der Waals surface area contributed by atoms with Crippen molar-refractivity contribution in [2.75, 3.05) is 18.9 Å². The van der Waals surface area contributed by atoms with Gasteiger partial charge < -0.3 is 14.5 Å². The first kappa shape index (κ1) is 17.9. The Morgan fingerprint density at radius 1 is 1.19 bits per heavy atom. The average molecular weight is 409 g/mol. The van der Waals surface area contributed by atoms with Crippen molar-refractivity contribution in [2.24, 2.45) is 0 Å². The first-order chi connectivity index (χ1) is 12.9. The lowest BCUT2D eigenvalue weighted by Gasteiger charge is -2.13. The zero-order valence-corrected chi connectivity index (χ0v) is 16.2. The minimum atomic E-state index is -3.94. The van der Waals surface area contributed by atoms with Gasteiger partial charge in [-0.2, -0.15) is 9.97 Å². The van der Waals surface area contributed by atoms with Crippen molar-refractivity contribution < 1.29 is 17.9 Å². The molecular weight excluding hydrogens is 392 g/mol. The van der Waals surface area contributed by atoms with Crippen LogP contribution < -0.4 is 14.2 Å². The third-order valence-corrected chi connectivity index (χ3v) is 5.97. The Balaban J connectivity index is 1.74. The molecule has 1 aliphatic carbocycles. The quantitative estimate of drug-likeness (QED) is 0.648. The number of hydrogen-bond acceptors (Lipinski definition) is 6. The first-order valence-corrected chi connectivity index (χ1v) is 10.1. The van der Waals surface area contributed by atoms with Crippen LogP contribution in [0.5, 0.6) is 11.8 Å². The van der Waals surface area contributed by atoms with Crippen LogP contribution in [0.2, 0.25) is 5.02 Å². The number of sulfonamides is 1. The van der Waals surface area contributed by atoms with Gasteiger partial charge in [0, 0.05) is 22.1 Å². The highest BCUT2D eigenvalue weighted by Gasteiger charge is 2.33. The van der Waals surface area contributed by atoms with Crippen molar-refractivity contribution in [1.29, 1.82) is 0 Å². The summed E-state index contributed by atoms with van der Waals surface area (Å²) in [6.07, 6.45) is 3.40. The topological polar surface area (TPSA) is 106 Å². The van der Waals surface area contributed by atoms with E-state index < -0.39 is 10.0 Å². The molecule has 0 amide bonds. The molecule has 1 saturated carbocycles. The van der Waals surface area contributed by atoms with Crippen molar-refractivity contribution in [3.05, 3.63) is 35.0 Å². The third-order valence-electron chi connectivity index (χ3n) is 4.37. The van der Waals surface area contributed by atoms with E-state index in [9.17, 15) is 8.42 Å². The summed E-state index contributed by atoms with van der Waals surface area (Å²) in [5, 5.41) is 1.02. The molecule has 3 aromatic rings. The number of halogens is 1. The second-order valence-corrected chi connectivity index (χ2v) is 8.29. The van der Waals surface area contributed by atoms with E-state index in [0.717, 1.165) is 18.4 Å². The van der Waals surface area contributed by atoms with Crippen LogP contribution in [0, 0.1) is 0 Å². The summed E-state index contributed by atoms with van der Waals surface area (Å²) in [4.78, 5) is 11.4. The molecule has 8 nitrogen and oxygen atoms in total. The zero-order chi connectivity index (χ0) is 19.2. The molecule has 0 bridgehead atoms. The standard InChI is InChI=1S/C17H17ClN4O4S/c1-25-15-14(9-3-4-9)16(26-2)21-17(20-15)22-27(23,24)13-8-19-12-7-10(18)5-6-11(12)13/h5-9,19H,3-4H2,1-2H3,(H,20,21,22). The van der Waals surface area contributed by atoms with E-state index in [1.165, 1.54) is 20.4 Å². The molecule has 0 radical (unpaired) electrons. The molecule has 10 heteroatoms. The number of aromatic amines is 1. The predicted molar refractivity (Wildman–Crippen MR) is 101 cm³/mol. The molecule has 4 rings (SSSR count). The Bertz CT molecular complexity index is 1100. The third kappa shape index (κ3) is 3.28. The van der Waals surface area contributed by atoms with E-state index in [4.69, 9.17) is 21.1 Å². The number of nitrogens with zero attached hydrogens (tertiary/aromatic N) is 2. The average Bonchev–Trinajstić information content (AvgIpc) is 3.38. The van der Waals surface area contributed by atoms with Crippen molar-refractivity contribution in [1.82, 2.24) is 15.0 Å². The van der Waals surface area contributed by atoms with Gasteiger partial charge in [-0.1, -0.05) is 11.6 Å². The first-order valence-electron chi connectivity index (χ1n) is 8.22. The number of aromatic nitrogens is 3. The Morgan fingerprint density at radius 2 is 1.85 bits per heavy atom. The van der Waals surface area contributed by atoms with Crippen LogP contribution in [0.15, 0.2) is 29.3 Å². The van der Waals surface area contributed by atoms with Gasteiger partial charge in [0.05, 0.1) is 19.8 Å². The lowest BCUT2D eigenvalue weighted by molar-refractivity contribution is 0.364. The van der Waals surface area contributed by atoms with Crippen LogP contribution in [0.4, 0.5) is 5.95 Å². The van der Waals surface area contributed by atoms with Gasteiger partial charge in [0.2, 0.25) is 17.7 Å². The summed E-state index contributed by atoms with van der Waals surface area (Å²) in [6.45, 7) is 0. The van der Waals surface area contributed by atoms with E-state index in [-0.39, 0.29) is 16.8 Å². The second-order valence-electron chi connectivity index (χ2n) is 6.20. The van der Waals surface area contributed by atoms with Crippen LogP contribution in [0.25, 0.3) is 10.9 Å². The van der Waals surface area contributed by atoms with Gasteiger partial charge in [0.25, 0.3) is 10.0 Å². The Morgan fingerprint density at radius 3 is 2.44 bits per heavy atom. The fourth-order valence-electron chi connectivity index (χ4n) is 2.98. The minimum Gasteiger partial charge on any atom is -0.481 e.